The van der Waals surface area contributed by atoms with Gasteiger partial charge in [-0.25, -0.2) is 4.90 Å². The van der Waals surface area contributed by atoms with Crippen molar-refractivity contribution in [2.75, 3.05) is 4.90 Å². The van der Waals surface area contributed by atoms with E-state index in [9.17, 15) is 9.59 Å². The fourth-order valence-corrected chi connectivity index (χ4v) is 5.47. The second-order valence-electron chi connectivity index (χ2n) is 6.94. The van der Waals surface area contributed by atoms with E-state index in [2.05, 4.69) is 24.3 Å². The number of allylic oxidation sites excluding steroid dienone is 4. The highest BCUT2D eigenvalue weighted by Gasteiger charge is 2.78. The fraction of sp³-hybridized carbons (Fsp3) is 0.368. The first-order valence-corrected chi connectivity index (χ1v) is 7.99. The number of amides is 2. The van der Waals surface area contributed by atoms with E-state index in [1.807, 2.05) is 30.3 Å². The molecule has 0 spiro atoms. The number of rotatable bonds is 1. The molecule has 1 aromatic carbocycles. The van der Waals surface area contributed by atoms with Gasteiger partial charge < -0.3 is 0 Å². The van der Waals surface area contributed by atoms with Crippen molar-refractivity contribution in [2.45, 2.75) is 19.3 Å². The van der Waals surface area contributed by atoms with Crippen molar-refractivity contribution < 1.29 is 9.59 Å². The predicted molar refractivity (Wildman–Crippen MR) is 82.9 cm³/mol. The first-order chi connectivity index (χ1) is 10.7. The molecule has 3 aliphatic carbocycles. The van der Waals surface area contributed by atoms with Crippen molar-refractivity contribution in [3.63, 3.8) is 0 Å². The van der Waals surface area contributed by atoms with Crippen LogP contribution in [-0.2, 0) is 9.59 Å². The van der Waals surface area contributed by atoms with Crippen molar-refractivity contribution >= 4 is 17.5 Å². The van der Waals surface area contributed by atoms with E-state index in [0.29, 0.717) is 18.5 Å². The first kappa shape index (κ1) is 12.4. The maximum atomic E-state index is 13.4. The van der Waals surface area contributed by atoms with Crippen LogP contribution < -0.4 is 4.90 Å². The Kier molecular flexibility index (Phi) is 2.13. The molecule has 1 heterocycles. The van der Waals surface area contributed by atoms with Gasteiger partial charge in [0.2, 0.25) is 11.8 Å². The Balaban J connectivity index is 1.75. The number of para-hydroxylation sites is 1. The summed E-state index contributed by atoms with van der Waals surface area (Å²) in [5.41, 5.74) is -0.353. The molecular weight excluding hydrogens is 274 g/mol. The molecule has 0 unspecified atom stereocenters. The minimum atomic E-state index is -0.534. The van der Waals surface area contributed by atoms with Crippen LogP contribution in [0.5, 0.6) is 0 Å². The molecule has 4 atom stereocenters. The summed E-state index contributed by atoms with van der Waals surface area (Å²) in [6, 6.07) is 9.39. The average Bonchev–Trinajstić information content (AvgIpc) is 3.20. The van der Waals surface area contributed by atoms with Crippen LogP contribution >= 0.6 is 0 Å². The van der Waals surface area contributed by atoms with Crippen molar-refractivity contribution in [3.8, 4) is 0 Å². The molecule has 0 N–H and O–H groups in total. The third kappa shape index (κ3) is 1.07. The molecule has 22 heavy (non-hydrogen) atoms. The first-order valence-electron chi connectivity index (χ1n) is 7.99. The fourth-order valence-electron chi connectivity index (χ4n) is 5.47. The lowest BCUT2D eigenvalue weighted by Crippen LogP contribution is -2.48. The van der Waals surface area contributed by atoms with E-state index in [1.54, 1.807) is 0 Å². The number of benzene rings is 1. The van der Waals surface area contributed by atoms with Crippen molar-refractivity contribution in [1.82, 2.24) is 0 Å². The molecule has 0 radical (unpaired) electrons. The molecule has 3 nitrogen and oxygen atoms in total. The van der Waals surface area contributed by atoms with Crippen molar-refractivity contribution in [2.24, 2.45) is 22.7 Å². The van der Waals surface area contributed by atoms with E-state index in [0.717, 1.165) is 6.42 Å². The van der Waals surface area contributed by atoms with Gasteiger partial charge in [-0.2, -0.15) is 0 Å². The molecular formula is C19H17NO2. The second-order valence-corrected chi connectivity index (χ2v) is 6.94. The van der Waals surface area contributed by atoms with Crippen LogP contribution in [0.2, 0.25) is 0 Å². The van der Waals surface area contributed by atoms with Crippen LogP contribution in [0.4, 0.5) is 5.69 Å². The zero-order valence-corrected chi connectivity index (χ0v) is 12.2. The molecule has 1 saturated carbocycles. The van der Waals surface area contributed by atoms with E-state index in [4.69, 9.17) is 0 Å². The molecule has 110 valence electrons. The molecule has 5 rings (SSSR count). The molecule has 2 fully saturated rings. The Morgan fingerprint density at radius 1 is 0.864 bits per heavy atom. The van der Waals surface area contributed by atoms with Crippen LogP contribution in [0.25, 0.3) is 0 Å². The molecule has 1 aliphatic heterocycles. The Labute approximate surface area is 129 Å². The number of nitrogens with zero attached hydrogens (tertiary/aromatic N) is 1. The third-order valence-electron chi connectivity index (χ3n) is 6.38. The van der Waals surface area contributed by atoms with Crippen molar-refractivity contribution in [3.05, 3.63) is 54.6 Å². The maximum Gasteiger partial charge on any atom is 0.242 e. The van der Waals surface area contributed by atoms with E-state index < -0.39 is 10.8 Å². The summed E-state index contributed by atoms with van der Waals surface area (Å²) < 4.78 is 0. The normalized spacial score (nSPS) is 41.2. The van der Waals surface area contributed by atoms with Gasteiger partial charge in [0.05, 0.1) is 16.5 Å². The molecule has 3 heteroatoms. The third-order valence-corrected chi connectivity index (χ3v) is 6.38. The quantitative estimate of drug-likeness (QED) is 0.589. The monoisotopic (exact) mass is 291 g/mol. The summed E-state index contributed by atoms with van der Waals surface area (Å²) in [7, 11) is 0. The van der Waals surface area contributed by atoms with Gasteiger partial charge in [-0.3, -0.25) is 9.59 Å². The van der Waals surface area contributed by atoms with Gasteiger partial charge in [-0.15, -0.1) is 0 Å². The maximum absolute atomic E-state index is 13.4. The minimum absolute atomic E-state index is 0.0184. The van der Waals surface area contributed by atoms with Gasteiger partial charge in [-0.05, 0) is 43.2 Å². The van der Waals surface area contributed by atoms with Gasteiger partial charge in [0, 0.05) is 0 Å². The summed E-state index contributed by atoms with van der Waals surface area (Å²) >= 11 is 0. The average molecular weight is 291 g/mol. The lowest BCUT2D eigenvalue weighted by Gasteiger charge is -2.43. The van der Waals surface area contributed by atoms with Gasteiger partial charge in [0.1, 0.15) is 0 Å². The van der Waals surface area contributed by atoms with E-state index in [-0.39, 0.29) is 23.7 Å². The van der Waals surface area contributed by atoms with Crippen LogP contribution in [-0.4, -0.2) is 11.8 Å². The highest BCUT2D eigenvalue weighted by molar-refractivity contribution is 6.26. The Bertz CT molecular complexity index is 708. The molecule has 0 aromatic heterocycles. The zero-order valence-electron chi connectivity index (χ0n) is 12.2. The largest absolute Gasteiger partial charge is 0.273 e. The summed E-state index contributed by atoms with van der Waals surface area (Å²) in [5, 5.41) is 0. The standard InChI is InChI=1S/C19H17NO2/c21-16-18-10-4-5-11-19(18,14-9-8-13(18)12-14)17(22)20(16)15-6-2-1-3-7-15/h1-9,13-14H,10-12H2/t13-,14+,18-,19+. The number of imide groups is 1. The highest BCUT2D eigenvalue weighted by atomic mass is 16.2. The Morgan fingerprint density at radius 3 is 1.95 bits per heavy atom. The number of hydrogen-bond acceptors (Lipinski definition) is 2. The molecule has 1 saturated heterocycles. The summed E-state index contributed by atoms with van der Waals surface area (Å²) in [6.45, 7) is 0. The summed E-state index contributed by atoms with van der Waals surface area (Å²) in [6.07, 6.45) is 10.9. The predicted octanol–water partition coefficient (Wildman–Crippen LogP) is 3.09. The lowest BCUT2D eigenvalue weighted by molar-refractivity contribution is -0.136. The van der Waals surface area contributed by atoms with Crippen LogP contribution in [0, 0.1) is 22.7 Å². The smallest absolute Gasteiger partial charge is 0.242 e. The van der Waals surface area contributed by atoms with E-state index in [1.165, 1.54) is 4.90 Å². The second kappa shape index (κ2) is 3.78. The van der Waals surface area contributed by atoms with E-state index >= 15 is 0 Å². The SMILES string of the molecule is O=C1N(c2ccccc2)C(=O)[C@@]23CC=CC[C@@]12[C@@H]1C=C[C@H]3C1. The molecule has 1 aromatic rings. The Hall–Kier alpha value is -2.16. The molecule has 2 bridgehead atoms. The van der Waals surface area contributed by atoms with Gasteiger partial charge in [0.25, 0.3) is 0 Å². The zero-order chi connectivity index (χ0) is 14.9. The van der Waals surface area contributed by atoms with Gasteiger partial charge in [0.15, 0.2) is 0 Å². The number of hydrogen-bond donors (Lipinski definition) is 0. The van der Waals surface area contributed by atoms with Crippen LogP contribution in [0.15, 0.2) is 54.6 Å². The van der Waals surface area contributed by atoms with Gasteiger partial charge in [-0.1, -0.05) is 42.5 Å². The summed E-state index contributed by atoms with van der Waals surface area (Å²) in [4.78, 5) is 28.2. The Morgan fingerprint density at radius 2 is 1.41 bits per heavy atom. The number of anilines is 1. The van der Waals surface area contributed by atoms with Crippen LogP contribution in [0.3, 0.4) is 0 Å². The number of carbonyl (C=O) groups is 2. The number of carbonyl (C=O) groups excluding carboxylic acids is 2. The van der Waals surface area contributed by atoms with Crippen molar-refractivity contribution in [1.29, 1.82) is 0 Å². The lowest BCUT2D eigenvalue weighted by atomic mass is 9.54. The topological polar surface area (TPSA) is 37.4 Å². The minimum Gasteiger partial charge on any atom is -0.273 e. The molecule has 2 amide bonds. The highest BCUT2D eigenvalue weighted by Crippen LogP contribution is 2.72. The molecule has 4 aliphatic rings. The summed E-state index contributed by atoms with van der Waals surface area (Å²) in [5.74, 6) is 0.468. The number of fused-ring (bicyclic) bond motifs is 2. The van der Waals surface area contributed by atoms with Crippen LogP contribution in [0.1, 0.15) is 19.3 Å². The van der Waals surface area contributed by atoms with Gasteiger partial charge >= 0.3 is 0 Å².